The van der Waals surface area contributed by atoms with E-state index in [1.165, 1.54) is 62.6 Å². The summed E-state index contributed by atoms with van der Waals surface area (Å²) in [6.45, 7) is 7.70. The Hall–Kier alpha value is -0.830. The molecular formula is C18H35N3. The quantitative estimate of drug-likeness (QED) is 0.562. The smallest absolute Gasteiger partial charge is 0.0669 e. The largest absolute Gasteiger partial charge is 0.310 e. The average Bonchev–Trinajstić information content (AvgIpc) is 2.86. The highest BCUT2D eigenvalue weighted by Gasteiger charge is 2.16. The number of nitrogens with zero attached hydrogens (tertiary/aromatic N) is 2. The molecular weight excluding hydrogens is 258 g/mol. The summed E-state index contributed by atoms with van der Waals surface area (Å²) in [4.78, 5) is 0. The van der Waals surface area contributed by atoms with Gasteiger partial charge in [-0.2, -0.15) is 5.10 Å². The molecule has 0 saturated carbocycles. The molecule has 122 valence electrons. The Morgan fingerprint density at radius 1 is 1.05 bits per heavy atom. The van der Waals surface area contributed by atoms with Crippen molar-refractivity contribution in [1.82, 2.24) is 15.1 Å². The number of aryl methyl sites for hydroxylation is 2. The van der Waals surface area contributed by atoms with Crippen LogP contribution in [0.1, 0.15) is 89.4 Å². The number of aromatic nitrogens is 2. The molecule has 0 aromatic carbocycles. The number of unbranched alkanes of at least 4 members (excludes halogenated alkanes) is 6. The third-order valence-corrected chi connectivity index (χ3v) is 4.19. The van der Waals surface area contributed by atoms with Crippen molar-refractivity contribution in [2.75, 3.05) is 6.54 Å². The second-order valence-corrected chi connectivity index (χ2v) is 6.08. The van der Waals surface area contributed by atoms with Gasteiger partial charge in [0.2, 0.25) is 0 Å². The minimum absolute atomic E-state index is 0.481. The Morgan fingerprint density at radius 2 is 1.71 bits per heavy atom. The van der Waals surface area contributed by atoms with Crippen molar-refractivity contribution < 1.29 is 0 Å². The Kier molecular flexibility index (Phi) is 9.40. The number of nitrogens with one attached hydrogen (secondary N) is 1. The van der Waals surface area contributed by atoms with Crippen molar-refractivity contribution in [2.45, 2.75) is 84.6 Å². The number of hydrogen-bond donors (Lipinski definition) is 1. The molecule has 1 unspecified atom stereocenters. The second kappa shape index (κ2) is 10.8. The normalized spacial score (nSPS) is 12.8. The highest BCUT2D eigenvalue weighted by molar-refractivity contribution is 5.21. The molecule has 0 aliphatic rings. The van der Waals surface area contributed by atoms with E-state index in [9.17, 15) is 0 Å². The Morgan fingerprint density at radius 3 is 2.33 bits per heavy atom. The molecule has 0 spiro atoms. The molecule has 21 heavy (non-hydrogen) atoms. The Bertz CT molecular complexity index is 371. The maximum Gasteiger partial charge on any atom is 0.0669 e. The number of rotatable bonds is 12. The molecule has 1 heterocycles. The van der Waals surface area contributed by atoms with Crippen LogP contribution in [0.15, 0.2) is 6.20 Å². The van der Waals surface area contributed by atoms with Crippen LogP contribution in [0.25, 0.3) is 0 Å². The van der Waals surface area contributed by atoms with Gasteiger partial charge in [0.15, 0.2) is 0 Å². The van der Waals surface area contributed by atoms with E-state index in [-0.39, 0.29) is 0 Å². The molecule has 0 radical (unpaired) electrons. The van der Waals surface area contributed by atoms with Crippen LogP contribution in [-0.4, -0.2) is 16.3 Å². The topological polar surface area (TPSA) is 29.9 Å². The van der Waals surface area contributed by atoms with Crippen LogP contribution in [0.5, 0.6) is 0 Å². The van der Waals surface area contributed by atoms with Gasteiger partial charge in [0.05, 0.1) is 5.69 Å². The van der Waals surface area contributed by atoms with Crippen molar-refractivity contribution in [1.29, 1.82) is 0 Å². The van der Waals surface area contributed by atoms with Crippen LogP contribution in [0, 0.1) is 0 Å². The summed E-state index contributed by atoms with van der Waals surface area (Å²) in [6.07, 6.45) is 14.1. The van der Waals surface area contributed by atoms with Gasteiger partial charge in [0.25, 0.3) is 0 Å². The van der Waals surface area contributed by atoms with Gasteiger partial charge in [-0.15, -0.1) is 0 Å². The van der Waals surface area contributed by atoms with E-state index in [0.29, 0.717) is 6.04 Å². The molecule has 0 aliphatic heterocycles. The Labute approximate surface area is 131 Å². The van der Waals surface area contributed by atoms with Gasteiger partial charge in [0.1, 0.15) is 0 Å². The van der Waals surface area contributed by atoms with Crippen molar-refractivity contribution >= 4 is 0 Å². The van der Waals surface area contributed by atoms with Crippen LogP contribution < -0.4 is 5.32 Å². The van der Waals surface area contributed by atoms with Crippen LogP contribution in [0.4, 0.5) is 0 Å². The van der Waals surface area contributed by atoms with Gasteiger partial charge >= 0.3 is 0 Å². The van der Waals surface area contributed by atoms with Crippen LogP contribution in [0.2, 0.25) is 0 Å². The number of hydrogen-bond acceptors (Lipinski definition) is 2. The van der Waals surface area contributed by atoms with E-state index in [4.69, 9.17) is 0 Å². The molecule has 1 rings (SSSR count). The van der Waals surface area contributed by atoms with Crippen molar-refractivity contribution in [3.05, 3.63) is 17.5 Å². The average molecular weight is 293 g/mol. The lowest BCUT2D eigenvalue weighted by molar-refractivity contribution is 0.473. The Balaban J connectivity index is 2.39. The maximum absolute atomic E-state index is 4.59. The van der Waals surface area contributed by atoms with E-state index in [1.807, 2.05) is 11.7 Å². The van der Waals surface area contributed by atoms with E-state index in [0.717, 1.165) is 13.0 Å². The van der Waals surface area contributed by atoms with Crippen LogP contribution >= 0.6 is 0 Å². The molecule has 1 atom stereocenters. The van der Waals surface area contributed by atoms with Crippen LogP contribution in [-0.2, 0) is 13.5 Å². The minimum atomic E-state index is 0.481. The summed E-state index contributed by atoms with van der Waals surface area (Å²) in [5, 5.41) is 8.23. The standard InChI is InChI=1S/C18H35N3/c1-5-8-9-10-11-12-13-14-18(19-7-3)16-15-21(4)20-17(16)6-2/h15,18-19H,5-14H2,1-4H3. The van der Waals surface area contributed by atoms with Gasteiger partial charge < -0.3 is 5.32 Å². The zero-order chi connectivity index (χ0) is 15.5. The summed E-state index contributed by atoms with van der Waals surface area (Å²) in [6, 6.07) is 0.481. The molecule has 0 saturated heterocycles. The monoisotopic (exact) mass is 293 g/mol. The van der Waals surface area contributed by atoms with Crippen molar-refractivity contribution in [2.24, 2.45) is 7.05 Å². The molecule has 0 amide bonds. The third-order valence-electron chi connectivity index (χ3n) is 4.19. The maximum atomic E-state index is 4.59. The van der Waals surface area contributed by atoms with E-state index >= 15 is 0 Å². The summed E-state index contributed by atoms with van der Waals surface area (Å²) in [7, 11) is 2.03. The lowest BCUT2D eigenvalue weighted by Gasteiger charge is -2.17. The third kappa shape index (κ3) is 6.64. The first-order valence-electron chi connectivity index (χ1n) is 8.98. The molecule has 0 bridgehead atoms. The fourth-order valence-corrected chi connectivity index (χ4v) is 3.04. The molecule has 0 fully saturated rings. The van der Waals surface area contributed by atoms with Gasteiger partial charge in [0, 0.05) is 24.8 Å². The molecule has 1 N–H and O–H groups in total. The molecule has 3 heteroatoms. The summed E-state index contributed by atoms with van der Waals surface area (Å²) in [5.74, 6) is 0. The van der Waals surface area contributed by atoms with Gasteiger partial charge in [-0.1, -0.05) is 65.7 Å². The summed E-state index contributed by atoms with van der Waals surface area (Å²) in [5.41, 5.74) is 2.67. The van der Waals surface area contributed by atoms with E-state index in [1.54, 1.807) is 0 Å². The lowest BCUT2D eigenvalue weighted by atomic mass is 9.99. The van der Waals surface area contributed by atoms with Crippen molar-refractivity contribution in [3.8, 4) is 0 Å². The van der Waals surface area contributed by atoms with Crippen LogP contribution in [0.3, 0.4) is 0 Å². The second-order valence-electron chi connectivity index (χ2n) is 6.08. The highest BCUT2D eigenvalue weighted by atomic mass is 15.3. The first-order valence-corrected chi connectivity index (χ1v) is 8.98. The predicted octanol–water partition coefficient (Wildman–Crippen LogP) is 4.77. The first-order chi connectivity index (χ1) is 10.2. The molecule has 3 nitrogen and oxygen atoms in total. The zero-order valence-electron chi connectivity index (χ0n) is 14.6. The SMILES string of the molecule is CCCCCCCCCC(NCC)c1cn(C)nc1CC. The highest BCUT2D eigenvalue weighted by Crippen LogP contribution is 2.23. The summed E-state index contributed by atoms with van der Waals surface area (Å²) >= 11 is 0. The summed E-state index contributed by atoms with van der Waals surface area (Å²) < 4.78 is 1.96. The molecule has 0 aliphatic carbocycles. The van der Waals surface area contributed by atoms with Crippen molar-refractivity contribution in [3.63, 3.8) is 0 Å². The zero-order valence-corrected chi connectivity index (χ0v) is 14.6. The first kappa shape index (κ1) is 18.2. The molecule has 1 aromatic rings. The van der Waals surface area contributed by atoms with Gasteiger partial charge in [-0.3, -0.25) is 4.68 Å². The fourth-order valence-electron chi connectivity index (χ4n) is 3.04. The van der Waals surface area contributed by atoms with E-state index in [2.05, 4.69) is 37.4 Å². The molecule has 1 aromatic heterocycles. The lowest BCUT2D eigenvalue weighted by Crippen LogP contribution is -2.21. The van der Waals surface area contributed by atoms with Gasteiger partial charge in [-0.05, 0) is 19.4 Å². The van der Waals surface area contributed by atoms with E-state index < -0.39 is 0 Å². The minimum Gasteiger partial charge on any atom is -0.310 e. The predicted molar refractivity (Wildman–Crippen MR) is 91.6 cm³/mol. The fraction of sp³-hybridized carbons (Fsp3) is 0.833. The van der Waals surface area contributed by atoms with Gasteiger partial charge in [-0.25, -0.2) is 0 Å².